The summed E-state index contributed by atoms with van der Waals surface area (Å²) in [6, 6.07) is 8.67. The van der Waals surface area contributed by atoms with E-state index < -0.39 is 0 Å². The van der Waals surface area contributed by atoms with Crippen LogP contribution in [0.3, 0.4) is 0 Å². The fourth-order valence-corrected chi connectivity index (χ4v) is 3.09. The Hall–Kier alpha value is -0.860. The lowest BCUT2D eigenvalue weighted by molar-refractivity contribution is 0.185. The van der Waals surface area contributed by atoms with Gasteiger partial charge in [-0.05, 0) is 35.9 Å². The Morgan fingerprint density at radius 1 is 1.21 bits per heavy atom. The molecule has 1 aromatic carbocycles. The molecule has 0 heterocycles. The number of hydrogen-bond donors (Lipinski definition) is 1. The highest BCUT2D eigenvalue weighted by Crippen LogP contribution is 2.28. The quantitative estimate of drug-likeness (QED) is 0.842. The van der Waals surface area contributed by atoms with Crippen LogP contribution in [-0.4, -0.2) is 13.7 Å². The topological polar surface area (TPSA) is 21.3 Å². The van der Waals surface area contributed by atoms with Crippen LogP contribution in [0.4, 0.5) is 0 Å². The number of nitrogens with one attached hydrogen (secondary N) is 1. The normalized spacial score (nSPS) is 23.5. The summed E-state index contributed by atoms with van der Waals surface area (Å²) in [5, 5.41) is 3.63. The van der Waals surface area contributed by atoms with E-state index in [-0.39, 0.29) is 0 Å². The molecule has 106 valence electrons. The van der Waals surface area contributed by atoms with Crippen LogP contribution in [0.15, 0.2) is 24.3 Å². The maximum Gasteiger partial charge on any atom is 0.0713 e. The van der Waals surface area contributed by atoms with Gasteiger partial charge in [0.2, 0.25) is 0 Å². The van der Waals surface area contributed by atoms with Crippen LogP contribution < -0.4 is 5.32 Å². The van der Waals surface area contributed by atoms with Crippen LogP contribution in [0.1, 0.15) is 43.7 Å². The number of methoxy groups -OCH3 is 1. The van der Waals surface area contributed by atoms with Crippen molar-refractivity contribution in [1.82, 2.24) is 5.32 Å². The predicted molar refractivity (Wildman–Crippen MR) is 80.0 cm³/mol. The van der Waals surface area contributed by atoms with E-state index in [0.717, 1.165) is 24.9 Å². The summed E-state index contributed by atoms with van der Waals surface area (Å²) in [7, 11) is 1.75. The molecule has 0 aromatic heterocycles. The lowest BCUT2D eigenvalue weighted by Crippen LogP contribution is -2.29. The van der Waals surface area contributed by atoms with Crippen molar-refractivity contribution in [2.24, 2.45) is 11.8 Å². The van der Waals surface area contributed by atoms with Crippen molar-refractivity contribution < 1.29 is 4.74 Å². The molecule has 2 unspecified atom stereocenters. The van der Waals surface area contributed by atoms with Gasteiger partial charge in [0.1, 0.15) is 0 Å². The second-order valence-electron chi connectivity index (χ2n) is 5.91. The van der Waals surface area contributed by atoms with Gasteiger partial charge in [0, 0.05) is 13.7 Å². The zero-order valence-electron chi connectivity index (χ0n) is 12.3. The van der Waals surface area contributed by atoms with Crippen molar-refractivity contribution in [3.8, 4) is 0 Å². The summed E-state index contributed by atoms with van der Waals surface area (Å²) in [5.74, 6) is 1.76. The smallest absolute Gasteiger partial charge is 0.0713 e. The van der Waals surface area contributed by atoms with Gasteiger partial charge in [-0.3, -0.25) is 0 Å². The van der Waals surface area contributed by atoms with E-state index in [1.807, 2.05) is 0 Å². The highest BCUT2D eigenvalue weighted by molar-refractivity contribution is 5.22. The largest absolute Gasteiger partial charge is 0.380 e. The van der Waals surface area contributed by atoms with Gasteiger partial charge in [0.25, 0.3) is 0 Å². The third kappa shape index (κ3) is 4.63. The number of ether oxygens (including phenoxy) is 1. The van der Waals surface area contributed by atoms with Gasteiger partial charge in [-0.15, -0.1) is 0 Å². The number of benzene rings is 1. The Bertz CT molecular complexity index is 377. The van der Waals surface area contributed by atoms with Crippen LogP contribution in [0.2, 0.25) is 0 Å². The first-order chi connectivity index (χ1) is 9.29. The molecule has 19 heavy (non-hydrogen) atoms. The van der Waals surface area contributed by atoms with Crippen LogP contribution in [0.25, 0.3) is 0 Å². The van der Waals surface area contributed by atoms with Crippen molar-refractivity contribution in [2.75, 3.05) is 13.7 Å². The molecule has 1 aliphatic carbocycles. The first-order valence-corrected chi connectivity index (χ1v) is 7.57. The molecule has 1 N–H and O–H groups in total. The van der Waals surface area contributed by atoms with Crippen molar-refractivity contribution in [3.05, 3.63) is 35.4 Å². The second kappa shape index (κ2) is 7.66. The maximum atomic E-state index is 5.18. The van der Waals surface area contributed by atoms with E-state index in [2.05, 4.69) is 36.5 Å². The Morgan fingerprint density at radius 3 is 2.79 bits per heavy atom. The number of hydrogen-bond acceptors (Lipinski definition) is 2. The highest BCUT2D eigenvalue weighted by atomic mass is 16.5. The molecule has 1 aliphatic rings. The van der Waals surface area contributed by atoms with E-state index in [9.17, 15) is 0 Å². The predicted octanol–water partition coefficient (Wildman–Crippen LogP) is 3.75. The summed E-state index contributed by atoms with van der Waals surface area (Å²) >= 11 is 0. The summed E-state index contributed by atoms with van der Waals surface area (Å²) in [6.45, 7) is 5.24. The molecule has 2 heteroatoms. The number of rotatable bonds is 6. The monoisotopic (exact) mass is 261 g/mol. The average molecular weight is 261 g/mol. The lowest BCUT2D eigenvalue weighted by atomic mass is 9.80. The molecule has 2 rings (SSSR count). The van der Waals surface area contributed by atoms with Crippen molar-refractivity contribution >= 4 is 0 Å². The highest BCUT2D eigenvalue weighted by Gasteiger charge is 2.20. The fourth-order valence-electron chi connectivity index (χ4n) is 3.09. The molecule has 0 radical (unpaired) electrons. The molecule has 0 spiro atoms. The fraction of sp³-hybridized carbons (Fsp3) is 0.647. The van der Waals surface area contributed by atoms with Crippen LogP contribution in [-0.2, 0) is 17.9 Å². The van der Waals surface area contributed by atoms with Gasteiger partial charge in [-0.25, -0.2) is 0 Å². The molecule has 2 atom stereocenters. The Kier molecular flexibility index (Phi) is 5.87. The minimum Gasteiger partial charge on any atom is -0.380 e. The molecular formula is C17H27NO. The van der Waals surface area contributed by atoms with E-state index in [1.54, 1.807) is 7.11 Å². The molecular weight excluding hydrogens is 234 g/mol. The van der Waals surface area contributed by atoms with Crippen molar-refractivity contribution in [3.63, 3.8) is 0 Å². The Morgan fingerprint density at radius 2 is 2.00 bits per heavy atom. The van der Waals surface area contributed by atoms with E-state index in [0.29, 0.717) is 6.61 Å². The average Bonchev–Trinajstić information content (AvgIpc) is 2.42. The van der Waals surface area contributed by atoms with Crippen LogP contribution >= 0.6 is 0 Å². The molecule has 1 fully saturated rings. The first kappa shape index (κ1) is 14.5. The molecule has 0 aliphatic heterocycles. The standard InChI is InChI=1S/C17H27NO/c1-14-6-3-4-9-17(14)12-18-11-15-7-5-8-16(10-15)13-19-2/h5,7-8,10,14,17-18H,3-4,6,9,11-13H2,1-2H3. The third-order valence-electron chi connectivity index (χ3n) is 4.33. The van der Waals surface area contributed by atoms with Gasteiger partial charge in [-0.1, -0.05) is 50.5 Å². The van der Waals surface area contributed by atoms with E-state index >= 15 is 0 Å². The van der Waals surface area contributed by atoms with Crippen LogP contribution in [0.5, 0.6) is 0 Å². The second-order valence-corrected chi connectivity index (χ2v) is 5.91. The SMILES string of the molecule is COCc1cccc(CNCC2CCCCC2C)c1. The molecule has 2 nitrogen and oxygen atoms in total. The summed E-state index contributed by atoms with van der Waals surface area (Å²) in [5.41, 5.74) is 2.62. The molecule has 1 saturated carbocycles. The van der Waals surface area contributed by atoms with Gasteiger partial charge < -0.3 is 10.1 Å². The van der Waals surface area contributed by atoms with E-state index in [1.165, 1.54) is 36.8 Å². The third-order valence-corrected chi connectivity index (χ3v) is 4.33. The summed E-state index contributed by atoms with van der Waals surface area (Å²) in [4.78, 5) is 0. The van der Waals surface area contributed by atoms with Gasteiger partial charge in [-0.2, -0.15) is 0 Å². The van der Waals surface area contributed by atoms with E-state index in [4.69, 9.17) is 4.74 Å². The molecule has 0 amide bonds. The van der Waals surface area contributed by atoms with Gasteiger partial charge in [0.05, 0.1) is 6.61 Å². The van der Waals surface area contributed by atoms with Gasteiger partial charge in [0.15, 0.2) is 0 Å². The van der Waals surface area contributed by atoms with Crippen molar-refractivity contribution in [1.29, 1.82) is 0 Å². The van der Waals surface area contributed by atoms with Crippen molar-refractivity contribution in [2.45, 2.75) is 45.8 Å². The Labute approximate surface area is 117 Å². The van der Waals surface area contributed by atoms with Crippen LogP contribution in [0, 0.1) is 11.8 Å². The van der Waals surface area contributed by atoms with Gasteiger partial charge >= 0.3 is 0 Å². The first-order valence-electron chi connectivity index (χ1n) is 7.57. The zero-order valence-corrected chi connectivity index (χ0v) is 12.3. The molecule has 0 bridgehead atoms. The zero-order chi connectivity index (χ0) is 13.5. The minimum atomic E-state index is 0.702. The Balaban J connectivity index is 1.77. The molecule has 0 saturated heterocycles. The maximum absolute atomic E-state index is 5.18. The summed E-state index contributed by atoms with van der Waals surface area (Å²) < 4.78 is 5.18. The lowest BCUT2D eigenvalue weighted by Gasteiger charge is -2.28. The summed E-state index contributed by atoms with van der Waals surface area (Å²) in [6.07, 6.45) is 5.66. The molecule has 1 aromatic rings. The minimum absolute atomic E-state index is 0.702.